The Hall–Kier alpha value is -1.69. The van der Waals surface area contributed by atoms with E-state index in [1.54, 1.807) is 48.6 Å². The standard InChI is InChI=1S/C21H34O5/c1-3-4-9-15-19(23)20(24)16-11-8-6-5-7-10-13-18(22)14-12-17-21(25)26-2/h5-8,10-11,13,16,18-20,22-24H,3-4,9,12,14-15,17H2,1-2H3/t18-,19-,20-/m1/s1. The van der Waals surface area contributed by atoms with Crippen molar-refractivity contribution in [1.29, 1.82) is 0 Å². The summed E-state index contributed by atoms with van der Waals surface area (Å²) in [6.07, 6.45) is 16.7. The predicted molar refractivity (Wildman–Crippen MR) is 105 cm³/mol. The molecule has 0 fully saturated rings. The molecule has 0 bridgehead atoms. The molecule has 3 N–H and O–H groups in total. The van der Waals surface area contributed by atoms with Gasteiger partial charge >= 0.3 is 5.97 Å². The van der Waals surface area contributed by atoms with E-state index in [4.69, 9.17) is 0 Å². The van der Waals surface area contributed by atoms with Crippen molar-refractivity contribution in [2.24, 2.45) is 0 Å². The molecular weight excluding hydrogens is 332 g/mol. The molecule has 26 heavy (non-hydrogen) atoms. The molecule has 0 aromatic heterocycles. The molecule has 5 nitrogen and oxygen atoms in total. The molecule has 0 spiro atoms. The molecule has 0 aliphatic heterocycles. The zero-order chi connectivity index (χ0) is 19.6. The quantitative estimate of drug-likeness (QED) is 0.250. The van der Waals surface area contributed by atoms with E-state index < -0.39 is 18.3 Å². The Kier molecular flexibility index (Phi) is 15.7. The molecule has 5 heteroatoms. The van der Waals surface area contributed by atoms with Crippen molar-refractivity contribution in [2.75, 3.05) is 7.11 Å². The Morgan fingerprint density at radius 1 is 0.885 bits per heavy atom. The molecule has 0 aliphatic rings. The van der Waals surface area contributed by atoms with E-state index >= 15 is 0 Å². The van der Waals surface area contributed by atoms with E-state index in [9.17, 15) is 20.1 Å². The second-order valence-electron chi connectivity index (χ2n) is 6.13. The monoisotopic (exact) mass is 366 g/mol. The SMILES string of the molecule is CCCCC[C@@H](O)[C@H](O)C=CC=CC=CC=C[C@@H](O)CCCC(=O)OC. The van der Waals surface area contributed by atoms with Gasteiger partial charge in [0.2, 0.25) is 0 Å². The second kappa shape index (κ2) is 16.8. The van der Waals surface area contributed by atoms with Crippen molar-refractivity contribution in [3.05, 3.63) is 48.6 Å². The molecule has 3 atom stereocenters. The van der Waals surface area contributed by atoms with Gasteiger partial charge in [0.25, 0.3) is 0 Å². The zero-order valence-corrected chi connectivity index (χ0v) is 16.0. The summed E-state index contributed by atoms with van der Waals surface area (Å²) < 4.78 is 4.53. The van der Waals surface area contributed by atoms with E-state index in [0.717, 1.165) is 19.3 Å². The lowest BCUT2D eigenvalue weighted by molar-refractivity contribution is -0.140. The molecule has 0 aliphatic carbocycles. The average Bonchev–Trinajstić information content (AvgIpc) is 2.63. The maximum Gasteiger partial charge on any atom is 0.305 e. The van der Waals surface area contributed by atoms with Crippen LogP contribution in [0.2, 0.25) is 0 Å². The van der Waals surface area contributed by atoms with Crippen LogP contribution in [0, 0.1) is 0 Å². The predicted octanol–water partition coefficient (Wildman–Crippen LogP) is 3.22. The topological polar surface area (TPSA) is 87.0 Å². The van der Waals surface area contributed by atoms with Crippen LogP contribution in [-0.4, -0.2) is 46.7 Å². The minimum Gasteiger partial charge on any atom is -0.469 e. The summed E-state index contributed by atoms with van der Waals surface area (Å²) in [5, 5.41) is 29.3. The van der Waals surface area contributed by atoms with Crippen LogP contribution in [0.15, 0.2) is 48.6 Å². The Morgan fingerprint density at radius 2 is 1.50 bits per heavy atom. The molecule has 0 radical (unpaired) electrons. The number of methoxy groups -OCH3 is 1. The highest BCUT2D eigenvalue weighted by atomic mass is 16.5. The van der Waals surface area contributed by atoms with Gasteiger partial charge in [-0.25, -0.2) is 0 Å². The van der Waals surface area contributed by atoms with Crippen LogP contribution in [0.1, 0.15) is 51.9 Å². The van der Waals surface area contributed by atoms with Crippen molar-refractivity contribution >= 4 is 5.97 Å². The van der Waals surface area contributed by atoms with Gasteiger partial charge in [-0.15, -0.1) is 0 Å². The van der Waals surface area contributed by atoms with E-state index in [0.29, 0.717) is 25.7 Å². The fraction of sp³-hybridized carbons (Fsp3) is 0.571. The van der Waals surface area contributed by atoms with Crippen LogP contribution in [0.5, 0.6) is 0 Å². The fourth-order valence-corrected chi connectivity index (χ4v) is 2.18. The molecule has 0 saturated carbocycles. The summed E-state index contributed by atoms with van der Waals surface area (Å²) in [4.78, 5) is 10.9. The van der Waals surface area contributed by atoms with Crippen LogP contribution < -0.4 is 0 Å². The van der Waals surface area contributed by atoms with E-state index in [2.05, 4.69) is 11.7 Å². The number of ether oxygens (including phenoxy) is 1. The second-order valence-corrected chi connectivity index (χ2v) is 6.13. The number of carbonyl (C=O) groups excluding carboxylic acids is 1. The number of hydrogen-bond acceptors (Lipinski definition) is 5. The molecular formula is C21H34O5. The van der Waals surface area contributed by atoms with Crippen LogP contribution in [-0.2, 0) is 9.53 Å². The van der Waals surface area contributed by atoms with Crippen molar-refractivity contribution in [3.63, 3.8) is 0 Å². The van der Waals surface area contributed by atoms with Gasteiger partial charge in [-0.1, -0.05) is 74.8 Å². The van der Waals surface area contributed by atoms with Crippen LogP contribution in [0.25, 0.3) is 0 Å². The van der Waals surface area contributed by atoms with Crippen molar-refractivity contribution in [2.45, 2.75) is 70.2 Å². The number of carbonyl (C=O) groups is 1. The highest BCUT2D eigenvalue weighted by Gasteiger charge is 2.11. The Morgan fingerprint density at radius 3 is 2.12 bits per heavy atom. The smallest absolute Gasteiger partial charge is 0.305 e. The maximum absolute atomic E-state index is 10.9. The lowest BCUT2D eigenvalue weighted by atomic mass is 10.1. The van der Waals surface area contributed by atoms with Gasteiger partial charge in [-0.2, -0.15) is 0 Å². The average molecular weight is 366 g/mol. The van der Waals surface area contributed by atoms with Gasteiger partial charge in [0.15, 0.2) is 0 Å². The minimum atomic E-state index is -0.847. The molecule has 0 amide bonds. The number of hydrogen-bond donors (Lipinski definition) is 3. The first kappa shape index (κ1) is 24.3. The Balaban J connectivity index is 3.96. The normalized spacial score (nSPS) is 16.0. The number of rotatable bonds is 14. The first-order valence-electron chi connectivity index (χ1n) is 9.30. The maximum atomic E-state index is 10.9. The summed E-state index contributed by atoms with van der Waals surface area (Å²) in [7, 11) is 1.35. The summed E-state index contributed by atoms with van der Waals surface area (Å²) in [6, 6.07) is 0. The lowest BCUT2D eigenvalue weighted by Gasteiger charge is -2.13. The molecule has 0 aromatic rings. The van der Waals surface area contributed by atoms with E-state index in [-0.39, 0.29) is 5.97 Å². The van der Waals surface area contributed by atoms with Crippen molar-refractivity contribution < 1.29 is 24.9 Å². The Bertz CT molecular complexity index is 465. The van der Waals surface area contributed by atoms with Crippen LogP contribution >= 0.6 is 0 Å². The van der Waals surface area contributed by atoms with Gasteiger partial charge in [0.05, 0.1) is 25.4 Å². The highest BCUT2D eigenvalue weighted by molar-refractivity contribution is 5.68. The van der Waals surface area contributed by atoms with Gasteiger partial charge in [0, 0.05) is 6.42 Å². The van der Waals surface area contributed by atoms with Gasteiger partial charge < -0.3 is 20.1 Å². The lowest BCUT2D eigenvalue weighted by Crippen LogP contribution is -2.23. The summed E-state index contributed by atoms with van der Waals surface area (Å²) >= 11 is 0. The number of aliphatic hydroxyl groups is 3. The van der Waals surface area contributed by atoms with Crippen LogP contribution in [0.4, 0.5) is 0 Å². The third-order valence-electron chi connectivity index (χ3n) is 3.80. The summed E-state index contributed by atoms with van der Waals surface area (Å²) in [5.41, 5.74) is 0. The molecule has 0 heterocycles. The summed E-state index contributed by atoms with van der Waals surface area (Å²) in [6.45, 7) is 2.10. The number of unbranched alkanes of at least 4 members (excludes halogenated alkanes) is 2. The molecule has 0 saturated heterocycles. The van der Waals surface area contributed by atoms with Gasteiger partial charge in [-0.05, 0) is 19.3 Å². The molecule has 148 valence electrons. The van der Waals surface area contributed by atoms with Crippen molar-refractivity contribution in [3.8, 4) is 0 Å². The highest BCUT2D eigenvalue weighted by Crippen LogP contribution is 2.07. The number of aliphatic hydroxyl groups excluding tert-OH is 3. The first-order valence-corrected chi connectivity index (χ1v) is 9.30. The molecule has 0 unspecified atom stereocenters. The van der Waals surface area contributed by atoms with E-state index in [1.165, 1.54) is 7.11 Å². The van der Waals surface area contributed by atoms with Crippen molar-refractivity contribution in [1.82, 2.24) is 0 Å². The van der Waals surface area contributed by atoms with Gasteiger partial charge in [-0.3, -0.25) is 4.79 Å². The molecule has 0 aromatic carbocycles. The zero-order valence-electron chi connectivity index (χ0n) is 16.0. The first-order chi connectivity index (χ1) is 12.5. The Labute approximate surface area is 157 Å². The molecule has 0 rings (SSSR count). The van der Waals surface area contributed by atoms with Gasteiger partial charge in [0.1, 0.15) is 0 Å². The number of allylic oxidation sites excluding steroid dienone is 6. The van der Waals surface area contributed by atoms with Crippen LogP contribution in [0.3, 0.4) is 0 Å². The number of esters is 1. The fourth-order valence-electron chi connectivity index (χ4n) is 2.18. The minimum absolute atomic E-state index is 0.266. The largest absolute Gasteiger partial charge is 0.469 e. The van der Waals surface area contributed by atoms with E-state index in [1.807, 2.05) is 0 Å². The third-order valence-corrected chi connectivity index (χ3v) is 3.80. The third kappa shape index (κ3) is 14.6. The summed E-state index contributed by atoms with van der Waals surface area (Å²) in [5.74, 6) is -0.266.